The van der Waals surface area contributed by atoms with Crippen molar-refractivity contribution >= 4 is 17.7 Å². The summed E-state index contributed by atoms with van der Waals surface area (Å²) in [7, 11) is 0. The molecule has 1 aromatic heterocycles. The number of thioether (sulfide) groups is 1. The van der Waals surface area contributed by atoms with Crippen LogP contribution in [-0.2, 0) is 17.0 Å². The van der Waals surface area contributed by atoms with E-state index in [0.717, 1.165) is 36.3 Å². The van der Waals surface area contributed by atoms with Crippen LogP contribution in [0.3, 0.4) is 0 Å². The van der Waals surface area contributed by atoms with Crippen LogP contribution in [0, 0.1) is 5.92 Å². The average Bonchev–Trinajstić information content (AvgIpc) is 3.02. The van der Waals surface area contributed by atoms with Crippen molar-refractivity contribution in [1.82, 2.24) is 14.8 Å². The lowest BCUT2D eigenvalue weighted by molar-refractivity contribution is -0.274. The highest BCUT2D eigenvalue weighted by atomic mass is 32.2. The third-order valence-corrected chi connectivity index (χ3v) is 5.10. The summed E-state index contributed by atoms with van der Waals surface area (Å²) in [5.41, 5.74) is 0.881. The summed E-state index contributed by atoms with van der Waals surface area (Å²) in [6, 6.07) is 5.89. The molecule has 0 spiro atoms. The van der Waals surface area contributed by atoms with Crippen molar-refractivity contribution in [1.29, 1.82) is 0 Å². The van der Waals surface area contributed by atoms with E-state index >= 15 is 0 Å². The van der Waals surface area contributed by atoms with Gasteiger partial charge in [-0.15, -0.1) is 23.4 Å². The molecule has 1 aliphatic heterocycles. The molecule has 6 nitrogen and oxygen atoms in total. The monoisotopic (exact) mass is 416 g/mol. The minimum absolute atomic E-state index is 0.223. The summed E-state index contributed by atoms with van der Waals surface area (Å²) in [6.45, 7) is 7.96. The zero-order valence-electron chi connectivity index (χ0n) is 15.8. The maximum absolute atomic E-state index is 12.3. The van der Waals surface area contributed by atoms with Gasteiger partial charge in [-0.25, -0.2) is 0 Å². The maximum Gasteiger partial charge on any atom is 0.573 e. The van der Waals surface area contributed by atoms with Gasteiger partial charge in [-0.05, 0) is 23.6 Å². The Morgan fingerprint density at radius 3 is 2.43 bits per heavy atom. The van der Waals surface area contributed by atoms with Crippen molar-refractivity contribution in [3.63, 3.8) is 0 Å². The van der Waals surface area contributed by atoms with E-state index in [1.165, 1.54) is 23.9 Å². The zero-order chi connectivity index (χ0) is 20.1. The van der Waals surface area contributed by atoms with Crippen LogP contribution in [-0.4, -0.2) is 47.4 Å². The largest absolute Gasteiger partial charge is 0.573 e. The van der Waals surface area contributed by atoms with Gasteiger partial charge in [-0.3, -0.25) is 4.57 Å². The minimum Gasteiger partial charge on any atom is -0.406 e. The van der Waals surface area contributed by atoms with Crippen LogP contribution in [0.15, 0.2) is 29.4 Å². The van der Waals surface area contributed by atoms with Gasteiger partial charge in [0.1, 0.15) is 5.75 Å². The molecule has 0 amide bonds. The second-order valence-corrected chi connectivity index (χ2v) is 7.81. The second kappa shape index (κ2) is 9.04. The smallest absolute Gasteiger partial charge is 0.406 e. The molecule has 3 rings (SSSR count). The fourth-order valence-electron chi connectivity index (χ4n) is 2.85. The van der Waals surface area contributed by atoms with Crippen LogP contribution in [0.2, 0.25) is 0 Å². The molecular formula is C18H23F3N4O2S. The van der Waals surface area contributed by atoms with E-state index in [9.17, 15) is 13.2 Å². The first-order chi connectivity index (χ1) is 13.3. The normalized spacial score (nSPS) is 15.3. The van der Waals surface area contributed by atoms with E-state index in [1.807, 2.05) is 0 Å². The predicted octanol–water partition coefficient (Wildman–Crippen LogP) is 3.96. The molecular weight excluding hydrogens is 393 g/mol. The minimum atomic E-state index is -4.68. The topological polar surface area (TPSA) is 52.4 Å². The fourth-order valence-corrected chi connectivity index (χ4v) is 3.74. The molecule has 0 unspecified atom stereocenters. The Morgan fingerprint density at radius 2 is 1.82 bits per heavy atom. The zero-order valence-corrected chi connectivity index (χ0v) is 16.6. The number of halogens is 3. The van der Waals surface area contributed by atoms with Crippen LogP contribution in [0.1, 0.15) is 19.4 Å². The Hall–Kier alpha value is -1.94. The van der Waals surface area contributed by atoms with Gasteiger partial charge in [0.25, 0.3) is 0 Å². The summed E-state index contributed by atoms with van der Waals surface area (Å²) >= 11 is 1.51. The Labute approximate surface area is 166 Å². The lowest BCUT2D eigenvalue weighted by atomic mass is 10.2. The molecule has 1 saturated heterocycles. The summed E-state index contributed by atoms with van der Waals surface area (Å²) in [5, 5.41) is 9.52. The van der Waals surface area contributed by atoms with Crippen molar-refractivity contribution in [3.05, 3.63) is 29.8 Å². The van der Waals surface area contributed by atoms with Crippen molar-refractivity contribution in [2.45, 2.75) is 37.7 Å². The third kappa shape index (κ3) is 5.78. The first-order valence-electron chi connectivity index (χ1n) is 9.05. The molecule has 0 atom stereocenters. The lowest BCUT2D eigenvalue weighted by Gasteiger charge is -2.28. The number of ether oxygens (including phenoxy) is 2. The lowest BCUT2D eigenvalue weighted by Crippen LogP contribution is -2.38. The van der Waals surface area contributed by atoms with E-state index in [1.54, 1.807) is 12.1 Å². The maximum atomic E-state index is 12.3. The van der Waals surface area contributed by atoms with Gasteiger partial charge in [0, 0.05) is 25.4 Å². The molecule has 154 valence electrons. The standard InChI is InChI=1S/C18H23F3N4O2S/c1-13(2)11-25-16(24-7-9-26-10-8-24)22-23-17(25)28-12-14-3-5-15(6-4-14)27-18(19,20)21/h3-6,13H,7-12H2,1-2H3. The van der Waals surface area contributed by atoms with E-state index in [0.29, 0.717) is 24.9 Å². The Kier molecular flexibility index (Phi) is 6.71. The molecule has 0 saturated carbocycles. The van der Waals surface area contributed by atoms with Gasteiger partial charge in [0.15, 0.2) is 5.16 Å². The van der Waals surface area contributed by atoms with Crippen molar-refractivity contribution in [2.75, 3.05) is 31.2 Å². The van der Waals surface area contributed by atoms with Crippen molar-refractivity contribution < 1.29 is 22.6 Å². The first-order valence-corrected chi connectivity index (χ1v) is 10.0. The van der Waals surface area contributed by atoms with E-state index in [2.05, 4.69) is 38.2 Å². The molecule has 28 heavy (non-hydrogen) atoms. The van der Waals surface area contributed by atoms with E-state index < -0.39 is 6.36 Å². The number of benzene rings is 1. The number of alkyl halides is 3. The Morgan fingerprint density at radius 1 is 1.14 bits per heavy atom. The predicted molar refractivity (Wildman–Crippen MR) is 101 cm³/mol. The van der Waals surface area contributed by atoms with Crippen LogP contribution < -0.4 is 9.64 Å². The highest BCUT2D eigenvalue weighted by Gasteiger charge is 2.31. The quantitative estimate of drug-likeness (QED) is 0.637. The molecule has 0 bridgehead atoms. The summed E-state index contributed by atoms with van der Waals surface area (Å²) < 4.78 is 48.2. The van der Waals surface area contributed by atoms with Crippen LogP contribution in [0.4, 0.5) is 19.1 Å². The summed E-state index contributed by atoms with van der Waals surface area (Å²) in [5.74, 6) is 1.62. The highest BCUT2D eigenvalue weighted by Crippen LogP contribution is 2.28. The van der Waals surface area contributed by atoms with Crippen LogP contribution in [0.25, 0.3) is 0 Å². The Balaban J connectivity index is 1.68. The molecule has 2 aromatic rings. The third-order valence-electron chi connectivity index (χ3n) is 4.06. The number of hydrogen-bond acceptors (Lipinski definition) is 6. The number of nitrogens with zero attached hydrogens (tertiary/aromatic N) is 4. The van der Waals surface area contributed by atoms with Crippen LogP contribution >= 0.6 is 11.8 Å². The SMILES string of the molecule is CC(C)Cn1c(SCc2ccc(OC(F)(F)F)cc2)nnc1N1CCOCC1. The summed E-state index contributed by atoms with van der Waals surface area (Å²) in [6.07, 6.45) is -4.68. The van der Waals surface area contributed by atoms with E-state index in [-0.39, 0.29) is 5.75 Å². The van der Waals surface area contributed by atoms with Gasteiger partial charge >= 0.3 is 6.36 Å². The average molecular weight is 416 g/mol. The molecule has 1 aromatic carbocycles. The van der Waals surface area contributed by atoms with Crippen molar-refractivity contribution in [3.8, 4) is 5.75 Å². The molecule has 0 radical (unpaired) electrons. The molecule has 0 aliphatic carbocycles. The van der Waals surface area contributed by atoms with Gasteiger partial charge in [-0.1, -0.05) is 37.7 Å². The second-order valence-electron chi connectivity index (χ2n) is 6.87. The summed E-state index contributed by atoms with van der Waals surface area (Å²) in [4.78, 5) is 2.17. The van der Waals surface area contributed by atoms with Crippen LogP contribution in [0.5, 0.6) is 5.75 Å². The molecule has 2 heterocycles. The number of rotatable bonds is 7. The first kappa shape index (κ1) is 20.8. The number of aromatic nitrogens is 3. The molecule has 0 N–H and O–H groups in total. The van der Waals surface area contributed by atoms with Gasteiger partial charge in [0.05, 0.1) is 13.2 Å². The number of morpholine rings is 1. The van der Waals surface area contributed by atoms with Gasteiger partial charge in [0.2, 0.25) is 5.95 Å². The number of hydrogen-bond donors (Lipinski definition) is 0. The highest BCUT2D eigenvalue weighted by molar-refractivity contribution is 7.98. The number of anilines is 1. The molecule has 1 aliphatic rings. The van der Waals surface area contributed by atoms with Crippen molar-refractivity contribution in [2.24, 2.45) is 5.92 Å². The van der Waals surface area contributed by atoms with Gasteiger partial charge < -0.3 is 14.4 Å². The fraction of sp³-hybridized carbons (Fsp3) is 0.556. The molecule has 10 heteroatoms. The van der Waals surface area contributed by atoms with E-state index in [4.69, 9.17) is 4.74 Å². The Bertz CT molecular complexity index is 759. The molecule has 1 fully saturated rings. The van der Waals surface area contributed by atoms with Gasteiger partial charge in [-0.2, -0.15) is 0 Å².